The van der Waals surface area contributed by atoms with Crippen molar-refractivity contribution in [3.8, 4) is 5.75 Å². The Hall–Kier alpha value is -2.74. The normalized spacial score (nSPS) is 16.2. The number of ether oxygens (including phenoxy) is 2. The summed E-state index contributed by atoms with van der Waals surface area (Å²) in [6, 6.07) is 13.4. The second kappa shape index (κ2) is 10.0. The molecule has 0 radical (unpaired) electrons. The topological polar surface area (TPSA) is 42.0 Å². The molecule has 5 nitrogen and oxygen atoms in total. The molecule has 1 unspecified atom stereocenters. The first-order valence-electron chi connectivity index (χ1n) is 10.2. The minimum Gasteiger partial charge on any atom is -0.406 e. The number of nitrogens with zero attached hydrogens (tertiary/aromatic N) is 2. The Balaban J connectivity index is 1.68. The minimum absolute atomic E-state index is 0.00700. The lowest BCUT2D eigenvalue weighted by Gasteiger charge is -2.26. The molecule has 3 rings (SSSR count). The van der Waals surface area contributed by atoms with Gasteiger partial charge in [-0.05, 0) is 48.2 Å². The average molecular weight is 436 g/mol. The zero-order chi connectivity index (χ0) is 22.4. The molecule has 8 heteroatoms. The highest BCUT2D eigenvalue weighted by Gasteiger charge is 2.31. The van der Waals surface area contributed by atoms with E-state index in [2.05, 4.69) is 4.74 Å². The van der Waals surface area contributed by atoms with E-state index in [-0.39, 0.29) is 24.2 Å². The van der Waals surface area contributed by atoms with Crippen LogP contribution in [0.15, 0.2) is 48.5 Å². The van der Waals surface area contributed by atoms with Gasteiger partial charge in [0.1, 0.15) is 5.75 Å². The molecule has 1 heterocycles. The summed E-state index contributed by atoms with van der Waals surface area (Å²) < 4.78 is 46.6. The van der Waals surface area contributed by atoms with E-state index in [1.807, 2.05) is 43.3 Å². The van der Waals surface area contributed by atoms with Gasteiger partial charge in [0, 0.05) is 39.5 Å². The first-order valence-corrected chi connectivity index (χ1v) is 10.2. The fraction of sp³-hybridized carbons (Fsp3) is 0.435. The van der Waals surface area contributed by atoms with Crippen LogP contribution in [0.2, 0.25) is 0 Å². The van der Waals surface area contributed by atoms with Crippen molar-refractivity contribution in [1.82, 2.24) is 4.90 Å². The summed E-state index contributed by atoms with van der Waals surface area (Å²) >= 11 is 0. The number of benzene rings is 2. The Kier molecular flexibility index (Phi) is 7.43. The van der Waals surface area contributed by atoms with E-state index >= 15 is 0 Å². The largest absolute Gasteiger partial charge is 0.573 e. The third-order valence-electron chi connectivity index (χ3n) is 5.14. The van der Waals surface area contributed by atoms with Gasteiger partial charge in [-0.15, -0.1) is 13.2 Å². The zero-order valence-electron chi connectivity index (χ0n) is 17.7. The number of carbonyl (C=O) groups is 1. The highest BCUT2D eigenvalue weighted by molar-refractivity contribution is 5.79. The van der Waals surface area contributed by atoms with Crippen LogP contribution in [-0.2, 0) is 22.5 Å². The van der Waals surface area contributed by atoms with Crippen molar-refractivity contribution in [1.29, 1.82) is 0 Å². The Morgan fingerprint density at radius 3 is 2.26 bits per heavy atom. The van der Waals surface area contributed by atoms with Crippen LogP contribution in [0.5, 0.6) is 5.75 Å². The summed E-state index contributed by atoms with van der Waals surface area (Å²) in [5.74, 6) is -0.405. The first kappa shape index (κ1) is 22.9. The van der Waals surface area contributed by atoms with Crippen molar-refractivity contribution in [3.63, 3.8) is 0 Å². The molecule has 2 aromatic rings. The van der Waals surface area contributed by atoms with Crippen LogP contribution in [0.4, 0.5) is 18.9 Å². The van der Waals surface area contributed by atoms with Crippen LogP contribution in [0, 0.1) is 0 Å². The predicted octanol–water partition coefficient (Wildman–Crippen LogP) is 4.40. The molecule has 168 valence electrons. The van der Waals surface area contributed by atoms with Crippen molar-refractivity contribution in [2.24, 2.45) is 0 Å². The van der Waals surface area contributed by atoms with Gasteiger partial charge in [0.05, 0.1) is 12.5 Å². The Morgan fingerprint density at radius 1 is 1.06 bits per heavy atom. The third kappa shape index (κ3) is 7.17. The molecule has 1 aliphatic rings. The molecule has 1 fully saturated rings. The van der Waals surface area contributed by atoms with E-state index < -0.39 is 6.36 Å². The molecule has 0 aliphatic carbocycles. The van der Waals surface area contributed by atoms with E-state index in [0.29, 0.717) is 25.3 Å². The SMILES string of the molecule is CN(C)c1ccc(CN(CC2CCCO2)C(=O)Cc2ccc(OC(F)(F)F)cc2)cc1. The van der Waals surface area contributed by atoms with E-state index in [4.69, 9.17) is 4.74 Å². The zero-order valence-corrected chi connectivity index (χ0v) is 17.7. The van der Waals surface area contributed by atoms with Gasteiger partial charge in [-0.25, -0.2) is 0 Å². The van der Waals surface area contributed by atoms with Crippen molar-refractivity contribution in [2.45, 2.75) is 38.3 Å². The third-order valence-corrected chi connectivity index (χ3v) is 5.14. The monoisotopic (exact) mass is 436 g/mol. The number of hydrogen-bond acceptors (Lipinski definition) is 4. The Morgan fingerprint density at radius 2 is 1.71 bits per heavy atom. The van der Waals surface area contributed by atoms with Gasteiger partial charge in [0.15, 0.2) is 0 Å². The Bertz CT molecular complexity index is 846. The molecular formula is C23H27F3N2O3. The van der Waals surface area contributed by atoms with Gasteiger partial charge in [-0.1, -0.05) is 24.3 Å². The fourth-order valence-corrected chi connectivity index (χ4v) is 3.50. The summed E-state index contributed by atoms with van der Waals surface area (Å²) in [7, 11) is 3.93. The van der Waals surface area contributed by atoms with Gasteiger partial charge in [-0.3, -0.25) is 4.79 Å². The molecule has 1 atom stereocenters. The van der Waals surface area contributed by atoms with Gasteiger partial charge in [0.25, 0.3) is 0 Å². The molecule has 1 aliphatic heterocycles. The first-order chi connectivity index (χ1) is 14.7. The minimum atomic E-state index is -4.74. The molecule has 1 saturated heterocycles. The maximum absolute atomic E-state index is 13.0. The van der Waals surface area contributed by atoms with Crippen molar-refractivity contribution < 1.29 is 27.4 Å². The smallest absolute Gasteiger partial charge is 0.406 e. The van der Waals surface area contributed by atoms with Crippen molar-refractivity contribution in [3.05, 3.63) is 59.7 Å². The number of rotatable bonds is 8. The number of alkyl halides is 3. The highest BCUT2D eigenvalue weighted by Crippen LogP contribution is 2.23. The van der Waals surface area contributed by atoms with Crippen LogP contribution in [0.25, 0.3) is 0 Å². The highest BCUT2D eigenvalue weighted by atomic mass is 19.4. The van der Waals surface area contributed by atoms with E-state index in [1.165, 1.54) is 24.3 Å². The molecule has 1 amide bonds. The number of halogens is 3. The molecule has 0 bridgehead atoms. The van der Waals surface area contributed by atoms with Crippen LogP contribution >= 0.6 is 0 Å². The number of hydrogen-bond donors (Lipinski definition) is 0. The maximum Gasteiger partial charge on any atom is 0.573 e. The fourth-order valence-electron chi connectivity index (χ4n) is 3.50. The van der Waals surface area contributed by atoms with Gasteiger partial charge in [0.2, 0.25) is 5.91 Å². The van der Waals surface area contributed by atoms with Crippen LogP contribution in [0.3, 0.4) is 0 Å². The second-order valence-corrected chi connectivity index (χ2v) is 7.84. The quantitative estimate of drug-likeness (QED) is 0.615. The molecule has 2 aromatic carbocycles. The summed E-state index contributed by atoms with van der Waals surface area (Å²) in [5.41, 5.74) is 2.70. The number of carbonyl (C=O) groups excluding carboxylic acids is 1. The number of anilines is 1. The number of amides is 1. The van der Waals surface area contributed by atoms with Crippen LogP contribution in [-0.4, -0.2) is 50.5 Å². The molecule has 0 N–H and O–H groups in total. The van der Waals surface area contributed by atoms with Gasteiger partial charge < -0.3 is 19.3 Å². The van der Waals surface area contributed by atoms with Crippen LogP contribution in [0.1, 0.15) is 24.0 Å². The summed E-state index contributed by atoms with van der Waals surface area (Å²) in [6.07, 6.45) is -2.75. The predicted molar refractivity (Wildman–Crippen MR) is 112 cm³/mol. The standard InChI is InChI=1S/C23H27F3N2O3/c1-27(2)19-9-5-18(6-10-19)15-28(16-21-4-3-13-30-21)22(29)14-17-7-11-20(12-8-17)31-23(24,25)26/h5-12,21H,3-4,13-16H2,1-2H3. The van der Waals surface area contributed by atoms with E-state index in [9.17, 15) is 18.0 Å². The molecule has 31 heavy (non-hydrogen) atoms. The van der Waals surface area contributed by atoms with Gasteiger partial charge in [-0.2, -0.15) is 0 Å². The van der Waals surface area contributed by atoms with Crippen LogP contribution < -0.4 is 9.64 Å². The lowest BCUT2D eigenvalue weighted by Crippen LogP contribution is -2.37. The van der Waals surface area contributed by atoms with Crippen molar-refractivity contribution >= 4 is 11.6 Å². The molecule has 0 saturated carbocycles. The molecular weight excluding hydrogens is 409 g/mol. The van der Waals surface area contributed by atoms with Crippen molar-refractivity contribution in [2.75, 3.05) is 32.1 Å². The van der Waals surface area contributed by atoms with Gasteiger partial charge >= 0.3 is 6.36 Å². The lowest BCUT2D eigenvalue weighted by atomic mass is 10.1. The summed E-state index contributed by atoms with van der Waals surface area (Å²) in [5, 5.41) is 0. The van der Waals surface area contributed by atoms with E-state index in [0.717, 1.165) is 24.1 Å². The maximum atomic E-state index is 13.0. The lowest BCUT2D eigenvalue weighted by molar-refractivity contribution is -0.274. The summed E-state index contributed by atoms with van der Waals surface area (Å²) in [6.45, 7) is 1.64. The summed E-state index contributed by atoms with van der Waals surface area (Å²) in [4.78, 5) is 16.8. The average Bonchev–Trinajstić information content (AvgIpc) is 3.21. The van der Waals surface area contributed by atoms with E-state index in [1.54, 1.807) is 4.90 Å². The molecule has 0 aromatic heterocycles. The second-order valence-electron chi connectivity index (χ2n) is 7.84. The molecule has 0 spiro atoms. The Labute approximate surface area is 180 Å².